The van der Waals surface area contributed by atoms with Gasteiger partial charge in [0, 0.05) is 24.5 Å². The number of carbonyl (C=O) groups is 1. The lowest BCUT2D eigenvalue weighted by Gasteiger charge is -2.13. The molecule has 11 heteroatoms. The lowest BCUT2D eigenvalue weighted by Crippen LogP contribution is -2.23. The summed E-state index contributed by atoms with van der Waals surface area (Å²) in [6.45, 7) is 2.11. The van der Waals surface area contributed by atoms with Crippen LogP contribution in [0.25, 0.3) is 22.3 Å². The third-order valence-corrected chi connectivity index (χ3v) is 8.24. The second-order valence-electron chi connectivity index (χ2n) is 8.95. The van der Waals surface area contributed by atoms with Gasteiger partial charge in [-0.15, -0.1) is 0 Å². The van der Waals surface area contributed by atoms with Crippen LogP contribution in [0.3, 0.4) is 0 Å². The molecule has 10 nitrogen and oxygen atoms in total. The first-order chi connectivity index (χ1) is 17.8. The summed E-state index contributed by atoms with van der Waals surface area (Å²) in [6.07, 6.45) is 3.82. The monoisotopic (exact) mass is 521 g/mol. The van der Waals surface area contributed by atoms with E-state index >= 15 is 0 Å². The summed E-state index contributed by atoms with van der Waals surface area (Å²) < 4.78 is 36.9. The Balaban J connectivity index is 1.64. The number of rotatable bonds is 7. The van der Waals surface area contributed by atoms with Gasteiger partial charge in [0.1, 0.15) is 0 Å². The predicted octanol–water partition coefficient (Wildman–Crippen LogP) is 3.11. The molecule has 1 aromatic carbocycles. The molecule has 1 N–H and O–H groups in total. The molecule has 0 aliphatic carbocycles. The summed E-state index contributed by atoms with van der Waals surface area (Å²) in [5.74, 6) is 0.898. The van der Waals surface area contributed by atoms with Crippen molar-refractivity contribution in [2.24, 2.45) is 0 Å². The Bertz CT molecular complexity index is 1580. The van der Waals surface area contributed by atoms with Crippen molar-refractivity contribution in [2.45, 2.75) is 25.9 Å². The summed E-state index contributed by atoms with van der Waals surface area (Å²) in [5, 5.41) is 8.21. The molecule has 1 fully saturated rings. The number of sulfone groups is 1. The zero-order valence-corrected chi connectivity index (χ0v) is 21.6. The standard InChI is InChI=1S/C26H27N5O5S/c1-16-24-20(26(32)28-14-17-5-4-9-27-13-17)12-21(18-6-7-22(35-2)23(11-18)36-3)29-25(24)31(30-16)19-8-10-37(33,34)15-19/h4-7,9,11-13,19H,8,10,14-15H2,1-3H3,(H,28,32). The number of aromatic nitrogens is 4. The third kappa shape index (κ3) is 4.86. The molecule has 0 spiro atoms. The fraction of sp³-hybridized carbons (Fsp3) is 0.308. The van der Waals surface area contributed by atoms with Gasteiger partial charge < -0.3 is 14.8 Å². The van der Waals surface area contributed by atoms with Crippen molar-refractivity contribution in [3.63, 3.8) is 0 Å². The first kappa shape index (κ1) is 24.7. The van der Waals surface area contributed by atoms with E-state index in [0.717, 1.165) is 5.56 Å². The SMILES string of the molecule is COc1ccc(-c2cc(C(=O)NCc3cccnc3)c3c(C)nn(C4CCS(=O)(=O)C4)c3n2)cc1OC. The van der Waals surface area contributed by atoms with E-state index in [-0.39, 0.29) is 23.5 Å². The third-order valence-electron chi connectivity index (χ3n) is 6.49. The predicted molar refractivity (Wildman–Crippen MR) is 139 cm³/mol. The highest BCUT2D eigenvalue weighted by molar-refractivity contribution is 7.91. The van der Waals surface area contributed by atoms with Gasteiger partial charge in [-0.2, -0.15) is 5.10 Å². The normalized spacial score (nSPS) is 16.6. The molecule has 1 aliphatic heterocycles. The molecular formula is C26H27N5O5S. The highest BCUT2D eigenvalue weighted by Gasteiger charge is 2.32. The van der Waals surface area contributed by atoms with Crippen LogP contribution in [0.2, 0.25) is 0 Å². The molecule has 0 bridgehead atoms. The number of aryl methyl sites for hydroxylation is 1. The first-order valence-corrected chi connectivity index (χ1v) is 13.6. The smallest absolute Gasteiger partial charge is 0.252 e. The average Bonchev–Trinajstić information content (AvgIpc) is 3.45. The molecule has 5 rings (SSSR count). The van der Waals surface area contributed by atoms with Gasteiger partial charge in [-0.3, -0.25) is 9.78 Å². The molecule has 1 unspecified atom stereocenters. The van der Waals surface area contributed by atoms with Gasteiger partial charge in [-0.05, 0) is 49.2 Å². The van der Waals surface area contributed by atoms with Crippen molar-refractivity contribution in [2.75, 3.05) is 25.7 Å². The number of nitrogens with zero attached hydrogens (tertiary/aromatic N) is 4. The Morgan fingerprint density at radius 2 is 1.97 bits per heavy atom. The number of carbonyl (C=O) groups excluding carboxylic acids is 1. The van der Waals surface area contributed by atoms with Crippen LogP contribution in [-0.2, 0) is 16.4 Å². The molecule has 3 aromatic heterocycles. The minimum absolute atomic E-state index is 0.00593. The summed E-state index contributed by atoms with van der Waals surface area (Å²) in [4.78, 5) is 22.5. The van der Waals surface area contributed by atoms with E-state index in [0.29, 0.717) is 58.0 Å². The summed E-state index contributed by atoms with van der Waals surface area (Å²) in [7, 11) is -0.0428. The molecule has 4 aromatic rings. The molecule has 1 atom stereocenters. The number of fused-ring (bicyclic) bond motifs is 1. The Morgan fingerprint density at radius 1 is 1.16 bits per heavy atom. The van der Waals surface area contributed by atoms with E-state index in [4.69, 9.17) is 14.5 Å². The Morgan fingerprint density at radius 3 is 2.65 bits per heavy atom. The van der Waals surface area contributed by atoms with Gasteiger partial charge >= 0.3 is 0 Å². The maximum atomic E-state index is 13.5. The number of benzene rings is 1. The molecule has 192 valence electrons. The van der Waals surface area contributed by atoms with E-state index in [1.807, 2.05) is 18.2 Å². The average molecular weight is 522 g/mol. The lowest BCUT2D eigenvalue weighted by molar-refractivity contribution is 0.0952. The van der Waals surface area contributed by atoms with Crippen molar-refractivity contribution < 1.29 is 22.7 Å². The molecule has 0 saturated carbocycles. The lowest BCUT2D eigenvalue weighted by atomic mass is 10.0. The molecule has 37 heavy (non-hydrogen) atoms. The second-order valence-corrected chi connectivity index (χ2v) is 11.2. The van der Waals surface area contributed by atoms with Crippen LogP contribution in [0.4, 0.5) is 0 Å². The largest absolute Gasteiger partial charge is 0.493 e. The topological polar surface area (TPSA) is 125 Å². The number of hydrogen-bond acceptors (Lipinski definition) is 8. The number of ether oxygens (including phenoxy) is 2. The Hall–Kier alpha value is -3.99. The number of amides is 1. The second kappa shape index (κ2) is 9.81. The van der Waals surface area contributed by atoms with Gasteiger partial charge in [0.2, 0.25) is 0 Å². The Labute approximate surface area is 214 Å². The van der Waals surface area contributed by atoms with Crippen molar-refractivity contribution >= 4 is 26.8 Å². The molecular weight excluding hydrogens is 494 g/mol. The highest BCUT2D eigenvalue weighted by Crippen LogP contribution is 2.35. The zero-order chi connectivity index (χ0) is 26.2. The van der Waals surface area contributed by atoms with Gasteiger partial charge in [0.15, 0.2) is 27.0 Å². The number of nitrogens with one attached hydrogen (secondary N) is 1. The molecule has 0 radical (unpaired) electrons. The van der Waals surface area contributed by atoms with E-state index in [1.165, 1.54) is 0 Å². The van der Waals surface area contributed by atoms with Crippen molar-refractivity contribution in [1.82, 2.24) is 25.1 Å². The van der Waals surface area contributed by atoms with E-state index < -0.39 is 9.84 Å². The van der Waals surface area contributed by atoms with Gasteiger partial charge in [-0.1, -0.05) is 6.07 Å². The van der Waals surface area contributed by atoms with E-state index in [1.54, 1.807) is 56.4 Å². The molecule has 4 heterocycles. The molecule has 1 amide bonds. The minimum Gasteiger partial charge on any atom is -0.493 e. The van der Waals surface area contributed by atoms with E-state index in [2.05, 4.69) is 15.4 Å². The van der Waals surface area contributed by atoms with Crippen LogP contribution in [0, 0.1) is 6.92 Å². The van der Waals surface area contributed by atoms with Crippen LogP contribution in [0.15, 0.2) is 48.8 Å². The van der Waals surface area contributed by atoms with Crippen LogP contribution < -0.4 is 14.8 Å². The van der Waals surface area contributed by atoms with Crippen LogP contribution in [0.1, 0.15) is 34.1 Å². The summed E-state index contributed by atoms with van der Waals surface area (Å²) >= 11 is 0. The minimum atomic E-state index is -3.15. The van der Waals surface area contributed by atoms with Gasteiger partial charge in [0.05, 0.1) is 54.1 Å². The quantitative estimate of drug-likeness (QED) is 0.393. The molecule has 1 aliphatic rings. The van der Waals surface area contributed by atoms with Crippen molar-refractivity contribution in [3.8, 4) is 22.8 Å². The van der Waals surface area contributed by atoms with Crippen LogP contribution in [0.5, 0.6) is 11.5 Å². The number of methoxy groups -OCH3 is 2. The highest BCUT2D eigenvalue weighted by atomic mass is 32.2. The van der Waals surface area contributed by atoms with Gasteiger partial charge in [0.25, 0.3) is 5.91 Å². The number of hydrogen-bond donors (Lipinski definition) is 1. The van der Waals surface area contributed by atoms with Crippen molar-refractivity contribution in [3.05, 3.63) is 65.6 Å². The first-order valence-electron chi connectivity index (χ1n) is 11.8. The summed E-state index contributed by atoms with van der Waals surface area (Å²) in [5.41, 5.74) is 3.59. The van der Waals surface area contributed by atoms with Crippen LogP contribution in [-0.4, -0.2) is 59.8 Å². The fourth-order valence-corrected chi connectivity index (χ4v) is 6.33. The maximum Gasteiger partial charge on any atom is 0.252 e. The molecule has 1 saturated heterocycles. The zero-order valence-electron chi connectivity index (χ0n) is 20.8. The maximum absolute atomic E-state index is 13.5. The van der Waals surface area contributed by atoms with E-state index in [9.17, 15) is 13.2 Å². The van der Waals surface area contributed by atoms with Crippen molar-refractivity contribution in [1.29, 1.82) is 0 Å². The summed E-state index contributed by atoms with van der Waals surface area (Å²) in [6, 6.07) is 10.5. The Kier molecular flexibility index (Phi) is 6.55. The fourth-order valence-electron chi connectivity index (χ4n) is 4.64. The number of pyridine rings is 2. The van der Waals surface area contributed by atoms with Gasteiger partial charge in [-0.25, -0.2) is 18.1 Å². The van der Waals surface area contributed by atoms with Crippen LogP contribution >= 0.6 is 0 Å².